The zero-order valence-corrected chi connectivity index (χ0v) is 17.1. The SMILES string of the molecule is COc1cccc2sc(N(CCCN(C)C)C(=O)Cc3ccc(F)cc3)nc12. The summed E-state index contributed by atoms with van der Waals surface area (Å²) in [5.41, 5.74) is 1.54. The number of methoxy groups -OCH3 is 1. The standard InChI is InChI=1S/C21H24FN3O2S/c1-24(2)12-5-13-25(19(26)14-15-8-10-16(22)11-9-15)21-23-20-17(27-3)6-4-7-18(20)28-21/h4,6-11H,5,12-14H2,1-3H3. The van der Waals surface area contributed by atoms with Crippen LogP contribution in [0.25, 0.3) is 10.2 Å². The number of benzene rings is 2. The first kappa shape index (κ1) is 20.2. The molecule has 7 heteroatoms. The normalized spacial score (nSPS) is 11.2. The van der Waals surface area contributed by atoms with Crippen molar-refractivity contribution in [1.82, 2.24) is 9.88 Å². The van der Waals surface area contributed by atoms with E-state index in [0.717, 1.165) is 28.7 Å². The molecule has 28 heavy (non-hydrogen) atoms. The fourth-order valence-corrected chi connectivity index (χ4v) is 3.96. The number of para-hydroxylation sites is 1. The molecule has 0 spiro atoms. The van der Waals surface area contributed by atoms with Gasteiger partial charge >= 0.3 is 0 Å². The number of anilines is 1. The van der Waals surface area contributed by atoms with Crippen molar-refractivity contribution in [3.63, 3.8) is 0 Å². The van der Waals surface area contributed by atoms with Crippen molar-refractivity contribution in [3.05, 3.63) is 53.8 Å². The molecule has 0 radical (unpaired) electrons. The second-order valence-corrected chi connectivity index (χ2v) is 7.82. The van der Waals surface area contributed by atoms with Crippen LogP contribution < -0.4 is 9.64 Å². The minimum atomic E-state index is -0.308. The van der Waals surface area contributed by atoms with Crippen molar-refractivity contribution in [3.8, 4) is 5.75 Å². The Morgan fingerprint density at radius 3 is 2.57 bits per heavy atom. The van der Waals surface area contributed by atoms with E-state index in [1.54, 1.807) is 24.1 Å². The predicted octanol–water partition coefficient (Wildman–Crippen LogP) is 3.97. The van der Waals surface area contributed by atoms with Crippen LogP contribution in [0.15, 0.2) is 42.5 Å². The first-order valence-corrected chi connectivity index (χ1v) is 9.92. The van der Waals surface area contributed by atoms with Crippen molar-refractivity contribution >= 4 is 32.6 Å². The summed E-state index contributed by atoms with van der Waals surface area (Å²) >= 11 is 1.48. The molecule has 3 aromatic rings. The molecule has 0 saturated carbocycles. The number of hydrogen-bond donors (Lipinski definition) is 0. The molecular weight excluding hydrogens is 377 g/mol. The second kappa shape index (κ2) is 9.12. The molecule has 0 aliphatic heterocycles. The maximum absolute atomic E-state index is 13.2. The quantitative estimate of drug-likeness (QED) is 0.573. The van der Waals surface area contributed by atoms with E-state index in [0.29, 0.717) is 17.4 Å². The minimum absolute atomic E-state index is 0.0524. The highest BCUT2D eigenvalue weighted by Gasteiger charge is 2.21. The van der Waals surface area contributed by atoms with E-state index < -0.39 is 0 Å². The van der Waals surface area contributed by atoms with Gasteiger partial charge in [0.1, 0.15) is 17.1 Å². The van der Waals surface area contributed by atoms with Crippen LogP contribution in [0.5, 0.6) is 5.75 Å². The number of hydrogen-bond acceptors (Lipinski definition) is 5. The minimum Gasteiger partial charge on any atom is -0.494 e. The molecule has 1 amide bonds. The number of nitrogens with zero attached hydrogens (tertiary/aromatic N) is 3. The van der Waals surface area contributed by atoms with Gasteiger partial charge in [0.2, 0.25) is 5.91 Å². The fourth-order valence-electron chi connectivity index (χ4n) is 2.94. The van der Waals surface area contributed by atoms with Gasteiger partial charge < -0.3 is 9.64 Å². The molecule has 1 heterocycles. The maximum Gasteiger partial charge on any atom is 0.233 e. The van der Waals surface area contributed by atoms with Gasteiger partial charge in [-0.1, -0.05) is 29.5 Å². The number of fused-ring (bicyclic) bond motifs is 1. The van der Waals surface area contributed by atoms with Gasteiger partial charge in [-0.05, 0) is 56.9 Å². The molecule has 148 valence electrons. The molecule has 0 N–H and O–H groups in total. The summed E-state index contributed by atoms with van der Waals surface area (Å²) in [5, 5.41) is 0.658. The molecule has 0 fully saturated rings. The lowest BCUT2D eigenvalue weighted by molar-refractivity contribution is -0.118. The summed E-state index contributed by atoms with van der Waals surface area (Å²) in [5.74, 6) is 0.333. The first-order valence-electron chi connectivity index (χ1n) is 9.11. The van der Waals surface area contributed by atoms with Gasteiger partial charge in [-0.25, -0.2) is 9.37 Å². The smallest absolute Gasteiger partial charge is 0.233 e. The van der Waals surface area contributed by atoms with E-state index in [-0.39, 0.29) is 18.1 Å². The Bertz CT molecular complexity index is 940. The Labute approximate surface area is 168 Å². The molecule has 3 rings (SSSR count). The molecule has 2 aromatic carbocycles. The van der Waals surface area contributed by atoms with Crippen molar-refractivity contribution in [1.29, 1.82) is 0 Å². The Hall–Kier alpha value is -2.51. The second-order valence-electron chi connectivity index (χ2n) is 6.81. The summed E-state index contributed by atoms with van der Waals surface area (Å²) in [4.78, 5) is 21.6. The lowest BCUT2D eigenvalue weighted by atomic mass is 10.1. The number of amides is 1. The van der Waals surface area contributed by atoms with Crippen LogP contribution in [-0.4, -0.2) is 50.1 Å². The van der Waals surface area contributed by atoms with Crippen LogP contribution >= 0.6 is 11.3 Å². The monoisotopic (exact) mass is 401 g/mol. The maximum atomic E-state index is 13.2. The topological polar surface area (TPSA) is 45.7 Å². The number of aromatic nitrogens is 1. The molecule has 0 atom stereocenters. The van der Waals surface area contributed by atoms with E-state index in [1.807, 2.05) is 32.3 Å². The van der Waals surface area contributed by atoms with Gasteiger partial charge in [0, 0.05) is 6.54 Å². The van der Waals surface area contributed by atoms with Gasteiger partial charge in [-0.3, -0.25) is 9.69 Å². The number of rotatable bonds is 8. The highest BCUT2D eigenvalue weighted by molar-refractivity contribution is 7.22. The van der Waals surface area contributed by atoms with E-state index in [9.17, 15) is 9.18 Å². The molecule has 0 bridgehead atoms. The number of halogens is 1. The number of carbonyl (C=O) groups is 1. The third-order valence-corrected chi connectivity index (χ3v) is 5.42. The number of carbonyl (C=O) groups excluding carboxylic acids is 1. The lowest BCUT2D eigenvalue weighted by Gasteiger charge is -2.21. The molecule has 0 saturated heterocycles. The third kappa shape index (κ3) is 4.85. The average molecular weight is 402 g/mol. The summed E-state index contributed by atoms with van der Waals surface area (Å²) in [6.45, 7) is 1.44. The van der Waals surface area contributed by atoms with Gasteiger partial charge in [0.15, 0.2) is 5.13 Å². The van der Waals surface area contributed by atoms with Crippen LogP contribution in [0.1, 0.15) is 12.0 Å². The van der Waals surface area contributed by atoms with Crippen molar-refractivity contribution in [2.24, 2.45) is 0 Å². The van der Waals surface area contributed by atoms with Crippen molar-refractivity contribution in [2.75, 3.05) is 39.2 Å². The van der Waals surface area contributed by atoms with Gasteiger partial charge in [0.05, 0.1) is 18.2 Å². The van der Waals surface area contributed by atoms with Gasteiger partial charge in [-0.2, -0.15) is 0 Å². The molecule has 5 nitrogen and oxygen atoms in total. The van der Waals surface area contributed by atoms with E-state index >= 15 is 0 Å². The van der Waals surface area contributed by atoms with Gasteiger partial charge in [-0.15, -0.1) is 0 Å². The predicted molar refractivity (Wildman–Crippen MR) is 112 cm³/mol. The van der Waals surface area contributed by atoms with Crippen LogP contribution in [0.2, 0.25) is 0 Å². The van der Waals surface area contributed by atoms with Crippen LogP contribution in [0.4, 0.5) is 9.52 Å². The molecule has 0 unspecified atom stereocenters. The number of thiazole rings is 1. The van der Waals surface area contributed by atoms with E-state index in [1.165, 1.54) is 23.5 Å². The zero-order chi connectivity index (χ0) is 20.1. The number of ether oxygens (including phenoxy) is 1. The summed E-state index contributed by atoms with van der Waals surface area (Å²) < 4.78 is 19.5. The molecule has 0 aliphatic carbocycles. The molecule has 0 aliphatic rings. The highest BCUT2D eigenvalue weighted by atomic mass is 32.1. The van der Waals surface area contributed by atoms with Gasteiger partial charge in [0.25, 0.3) is 0 Å². The van der Waals surface area contributed by atoms with Crippen LogP contribution in [0.3, 0.4) is 0 Å². The lowest BCUT2D eigenvalue weighted by Crippen LogP contribution is -2.34. The van der Waals surface area contributed by atoms with Crippen molar-refractivity contribution < 1.29 is 13.9 Å². The van der Waals surface area contributed by atoms with E-state index in [4.69, 9.17) is 4.74 Å². The fraction of sp³-hybridized carbons (Fsp3) is 0.333. The summed E-state index contributed by atoms with van der Waals surface area (Å²) in [6.07, 6.45) is 1.03. The first-order chi connectivity index (χ1) is 13.5. The van der Waals surface area contributed by atoms with Crippen LogP contribution in [0, 0.1) is 5.82 Å². The third-order valence-electron chi connectivity index (χ3n) is 4.38. The summed E-state index contributed by atoms with van der Waals surface area (Å²) in [6, 6.07) is 11.8. The zero-order valence-electron chi connectivity index (χ0n) is 16.3. The Morgan fingerprint density at radius 1 is 1.14 bits per heavy atom. The Balaban J connectivity index is 1.87. The Morgan fingerprint density at radius 2 is 1.89 bits per heavy atom. The molecule has 1 aromatic heterocycles. The molecular formula is C21H24FN3O2S. The highest BCUT2D eigenvalue weighted by Crippen LogP contribution is 2.34. The summed E-state index contributed by atoms with van der Waals surface area (Å²) in [7, 11) is 5.63. The van der Waals surface area contributed by atoms with Crippen molar-refractivity contribution in [2.45, 2.75) is 12.8 Å². The van der Waals surface area contributed by atoms with Crippen LogP contribution in [-0.2, 0) is 11.2 Å². The Kier molecular flexibility index (Phi) is 6.59. The van der Waals surface area contributed by atoms with E-state index in [2.05, 4.69) is 9.88 Å². The average Bonchev–Trinajstić information content (AvgIpc) is 3.10. The largest absolute Gasteiger partial charge is 0.494 e.